The van der Waals surface area contributed by atoms with E-state index in [9.17, 15) is 4.79 Å². The van der Waals surface area contributed by atoms with Crippen LogP contribution in [0.15, 0.2) is 0 Å². The molecule has 0 amide bonds. The number of hydrogen-bond donors (Lipinski definition) is 1. The van der Waals surface area contributed by atoms with Crippen LogP contribution in [0.2, 0.25) is 0 Å². The monoisotopic (exact) mass is 87.0 g/mol. The normalized spacial score (nSPS) is 31.5. The number of carbonyl (C=O) groups is 1. The first kappa shape index (κ1) is 3.61. The fraction of sp³-hybridized carbons (Fsp3) is 0.667. The highest BCUT2D eigenvalue weighted by Crippen LogP contribution is 1.96. The number of carbonyl (C=O) groups excluding carboxylic acids is 1. The molecular weight excluding hydrogens is 82.0 g/mol. The molecule has 1 aliphatic heterocycles. The van der Waals surface area contributed by atoms with Crippen LogP contribution < -0.4 is 5.73 Å². The molecule has 0 aliphatic carbocycles. The topological polar surface area (TPSA) is 52.3 Å². The number of rotatable bonds is 0. The van der Waals surface area contributed by atoms with Gasteiger partial charge in [0.2, 0.25) is 0 Å². The van der Waals surface area contributed by atoms with Crippen LogP contribution in [0.25, 0.3) is 0 Å². The smallest absolute Gasteiger partial charge is 0.326 e. The average molecular weight is 87.1 g/mol. The summed E-state index contributed by atoms with van der Waals surface area (Å²) in [6.45, 7) is 0.402. The van der Waals surface area contributed by atoms with Gasteiger partial charge in [-0.1, -0.05) is 0 Å². The van der Waals surface area contributed by atoms with E-state index in [0.717, 1.165) is 0 Å². The van der Waals surface area contributed by atoms with Crippen molar-refractivity contribution in [1.29, 1.82) is 0 Å². The summed E-state index contributed by atoms with van der Waals surface area (Å²) in [5, 5.41) is 0. The molecule has 2 N–H and O–H groups in total. The summed E-state index contributed by atoms with van der Waals surface area (Å²) in [5.74, 6) is -0.282. The van der Waals surface area contributed by atoms with Crippen LogP contribution in [0.1, 0.15) is 0 Å². The van der Waals surface area contributed by atoms with E-state index in [2.05, 4.69) is 4.74 Å². The molecule has 34 valence electrons. The zero-order valence-corrected chi connectivity index (χ0v) is 3.18. The van der Waals surface area contributed by atoms with Gasteiger partial charge in [0.1, 0.15) is 12.6 Å². The largest absolute Gasteiger partial charge is 0.462 e. The van der Waals surface area contributed by atoms with E-state index in [4.69, 9.17) is 5.73 Å². The zero-order chi connectivity index (χ0) is 4.57. The summed E-state index contributed by atoms with van der Waals surface area (Å²) in [7, 11) is 0. The van der Waals surface area contributed by atoms with Crippen molar-refractivity contribution in [3.8, 4) is 0 Å². The Morgan fingerprint density at radius 1 is 2.00 bits per heavy atom. The minimum Gasteiger partial charge on any atom is -0.462 e. The van der Waals surface area contributed by atoms with Gasteiger partial charge in [0, 0.05) is 0 Å². The summed E-state index contributed by atoms with van der Waals surface area (Å²) >= 11 is 0. The van der Waals surface area contributed by atoms with Gasteiger partial charge in [-0.25, -0.2) is 0 Å². The van der Waals surface area contributed by atoms with Gasteiger partial charge in [-0.05, 0) is 0 Å². The third kappa shape index (κ3) is 0.285. The molecule has 0 aromatic rings. The fourth-order valence-electron chi connectivity index (χ4n) is 0.248. The van der Waals surface area contributed by atoms with Gasteiger partial charge < -0.3 is 10.5 Å². The Kier molecular flexibility index (Phi) is 0.569. The van der Waals surface area contributed by atoms with E-state index in [1.165, 1.54) is 0 Å². The van der Waals surface area contributed by atoms with Crippen LogP contribution in [0.4, 0.5) is 0 Å². The third-order valence-corrected chi connectivity index (χ3v) is 0.708. The lowest BCUT2D eigenvalue weighted by Gasteiger charge is -2.18. The van der Waals surface area contributed by atoms with Crippen LogP contribution >= 0.6 is 0 Å². The predicted octanol–water partition coefficient (Wildman–Crippen LogP) is -1.13. The Morgan fingerprint density at radius 3 is 2.50 bits per heavy atom. The fourth-order valence-corrected chi connectivity index (χ4v) is 0.248. The molecular formula is C3H5NO2. The minimum atomic E-state index is -0.329. The van der Waals surface area contributed by atoms with E-state index in [1.54, 1.807) is 0 Å². The Hall–Kier alpha value is -0.570. The van der Waals surface area contributed by atoms with Crippen molar-refractivity contribution in [2.75, 3.05) is 6.61 Å². The number of nitrogens with two attached hydrogens (primary N) is 1. The highest BCUT2D eigenvalue weighted by molar-refractivity contribution is 5.80. The molecule has 3 heteroatoms. The standard InChI is InChI=1S/C3H5NO2/c4-2-1-6-3(2)5/h2H,1,4H2. The second-order valence-electron chi connectivity index (χ2n) is 1.24. The van der Waals surface area contributed by atoms with Crippen molar-refractivity contribution in [3.63, 3.8) is 0 Å². The van der Waals surface area contributed by atoms with Crippen molar-refractivity contribution in [1.82, 2.24) is 0 Å². The molecule has 3 nitrogen and oxygen atoms in total. The molecule has 0 spiro atoms. The van der Waals surface area contributed by atoms with Crippen LogP contribution in [0.3, 0.4) is 0 Å². The quantitative estimate of drug-likeness (QED) is 0.380. The van der Waals surface area contributed by atoms with Crippen molar-refractivity contribution < 1.29 is 9.53 Å². The Balaban J connectivity index is 2.39. The summed E-state index contributed by atoms with van der Waals surface area (Å²) in [4.78, 5) is 9.88. The second-order valence-corrected chi connectivity index (χ2v) is 1.24. The number of cyclic esters (lactones) is 1. The predicted molar refractivity (Wildman–Crippen MR) is 18.9 cm³/mol. The van der Waals surface area contributed by atoms with E-state index >= 15 is 0 Å². The van der Waals surface area contributed by atoms with Gasteiger partial charge in [-0.15, -0.1) is 0 Å². The van der Waals surface area contributed by atoms with E-state index in [-0.39, 0.29) is 12.0 Å². The van der Waals surface area contributed by atoms with Crippen molar-refractivity contribution >= 4 is 5.97 Å². The second kappa shape index (κ2) is 0.944. The van der Waals surface area contributed by atoms with E-state index < -0.39 is 0 Å². The van der Waals surface area contributed by atoms with Gasteiger partial charge in [0.05, 0.1) is 0 Å². The molecule has 0 bridgehead atoms. The number of hydrogen-bond acceptors (Lipinski definition) is 3. The van der Waals surface area contributed by atoms with Crippen molar-refractivity contribution in [3.05, 3.63) is 0 Å². The van der Waals surface area contributed by atoms with Crippen LogP contribution in [-0.2, 0) is 9.53 Å². The van der Waals surface area contributed by atoms with Gasteiger partial charge in [-0.2, -0.15) is 0 Å². The van der Waals surface area contributed by atoms with Crippen molar-refractivity contribution in [2.24, 2.45) is 5.73 Å². The summed E-state index contributed by atoms with van der Waals surface area (Å²) < 4.78 is 4.28. The lowest BCUT2D eigenvalue weighted by Crippen LogP contribution is -2.47. The molecule has 0 radical (unpaired) electrons. The molecule has 1 saturated heterocycles. The third-order valence-electron chi connectivity index (χ3n) is 0.708. The molecule has 1 heterocycles. The van der Waals surface area contributed by atoms with E-state index in [1.807, 2.05) is 0 Å². The van der Waals surface area contributed by atoms with E-state index in [0.29, 0.717) is 6.61 Å². The maximum Gasteiger partial charge on any atom is 0.326 e. The van der Waals surface area contributed by atoms with Gasteiger partial charge >= 0.3 is 5.97 Å². The molecule has 6 heavy (non-hydrogen) atoms. The first-order valence-corrected chi connectivity index (χ1v) is 1.73. The van der Waals surface area contributed by atoms with Crippen molar-refractivity contribution in [2.45, 2.75) is 6.04 Å². The van der Waals surface area contributed by atoms with Gasteiger partial charge in [0.15, 0.2) is 0 Å². The molecule has 1 atom stereocenters. The molecule has 0 aromatic carbocycles. The van der Waals surface area contributed by atoms with Gasteiger partial charge in [0.25, 0.3) is 0 Å². The number of ether oxygens (including phenoxy) is 1. The molecule has 1 rings (SSSR count). The minimum absolute atomic E-state index is 0.282. The molecule has 0 aromatic heterocycles. The lowest BCUT2D eigenvalue weighted by atomic mass is 10.3. The average Bonchev–Trinajstić information content (AvgIpc) is 1.61. The summed E-state index contributed by atoms with van der Waals surface area (Å²) in [6.07, 6.45) is 0. The SMILES string of the molecule is NC1COC1=O. The Bertz CT molecular complexity index is 80.9. The summed E-state index contributed by atoms with van der Waals surface area (Å²) in [5.41, 5.74) is 5.05. The maximum atomic E-state index is 9.88. The molecule has 1 aliphatic rings. The van der Waals surface area contributed by atoms with Crippen LogP contribution in [0.5, 0.6) is 0 Å². The lowest BCUT2D eigenvalue weighted by molar-refractivity contribution is -0.160. The maximum absolute atomic E-state index is 9.88. The molecule has 1 fully saturated rings. The Labute approximate surface area is 35.1 Å². The summed E-state index contributed by atoms with van der Waals surface area (Å²) in [6, 6.07) is -0.329. The Morgan fingerprint density at radius 2 is 2.50 bits per heavy atom. The van der Waals surface area contributed by atoms with Crippen LogP contribution in [0, 0.1) is 0 Å². The molecule has 0 saturated carbocycles. The van der Waals surface area contributed by atoms with Crippen LogP contribution in [-0.4, -0.2) is 18.6 Å². The first-order valence-electron chi connectivity index (χ1n) is 1.73. The highest BCUT2D eigenvalue weighted by Gasteiger charge is 2.25. The van der Waals surface area contributed by atoms with Gasteiger partial charge in [-0.3, -0.25) is 4.79 Å². The number of esters is 1. The first-order chi connectivity index (χ1) is 2.80. The zero-order valence-electron chi connectivity index (χ0n) is 3.18. The molecule has 1 unspecified atom stereocenters. The highest BCUT2D eigenvalue weighted by atomic mass is 16.6.